The number of aliphatic hydroxyl groups excluding tert-OH is 1. The van der Waals surface area contributed by atoms with Gasteiger partial charge >= 0.3 is 0 Å². The smallest absolute Gasteiger partial charge is 0.290 e. The summed E-state index contributed by atoms with van der Waals surface area (Å²) in [4.78, 5) is 32.3. The highest BCUT2D eigenvalue weighted by Gasteiger charge is 2.44. The Morgan fingerprint density at radius 2 is 1.65 bits per heavy atom. The number of ketones is 1. The zero-order valence-electron chi connectivity index (χ0n) is 16.7. The second-order valence-corrected chi connectivity index (χ2v) is 8.46. The largest absolute Gasteiger partial charge is 0.503 e. The molecule has 5 nitrogen and oxygen atoms in total. The first-order chi connectivity index (χ1) is 14.8. The summed E-state index contributed by atoms with van der Waals surface area (Å²) in [5, 5.41) is 11.4. The molecule has 1 aliphatic heterocycles. The molecule has 1 N–H and O–H groups in total. The van der Waals surface area contributed by atoms with E-state index in [-0.39, 0.29) is 12.1 Å². The normalized spacial score (nSPS) is 16.3. The minimum atomic E-state index is -0.924. The molecule has 4 rings (SSSR count). The predicted octanol–water partition coefficient (Wildman–Crippen LogP) is 4.82. The molecule has 8 heteroatoms. The molecule has 3 aromatic rings. The molecule has 1 atom stereocenters. The summed E-state index contributed by atoms with van der Waals surface area (Å²) >= 11 is 1.18. The summed E-state index contributed by atoms with van der Waals surface area (Å²) in [6.45, 7) is 3.48. The molecule has 0 aliphatic carbocycles. The number of benzene rings is 2. The van der Waals surface area contributed by atoms with Gasteiger partial charge in [-0.25, -0.2) is 13.8 Å². The SMILES string of the molecule is Cc1nc(C)c(C(=O)C2=C(O)C(=O)N(Cc3ccc(F)cc3)C2c2ccc(F)cc2)s1. The Bertz CT molecular complexity index is 1200. The van der Waals surface area contributed by atoms with Gasteiger partial charge in [-0.15, -0.1) is 11.3 Å². The number of aryl methyl sites for hydroxylation is 2. The van der Waals surface area contributed by atoms with Crippen LogP contribution in [0, 0.1) is 25.5 Å². The van der Waals surface area contributed by atoms with Gasteiger partial charge in [0.25, 0.3) is 5.91 Å². The van der Waals surface area contributed by atoms with E-state index in [9.17, 15) is 23.5 Å². The average molecular weight is 440 g/mol. The molecule has 2 heterocycles. The van der Waals surface area contributed by atoms with Crippen molar-refractivity contribution in [1.29, 1.82) is 0 Å². The Hall–Kier alpha value is -3.39. The van der Waals surface area contributed by atoms with Gasteiger partial charge in [0, 0.05) is 6.54 Å². The number of hydrogen-bond acceptors (Lipinski definition) is 5. The van der Waals surface area contributed by atoms with Gasteiger partial charge in [-0.3, -0.25) is 9.59 Å². The number of hydrogen-bond donors (Lipinski definition) is 1. The summed E-state index contributed by atoms with van der Waals surface area (Å²) < 4.78 is 26.8. The summed E-state index contributed by atoms with van der Waals surface area (Å²) in [6.07, 6.45) is 0. The number of amides is 1. The van der Waals surface area contributed by atoms with Crippen LogP contribution >= 0.6 is 11.3 Å². The third kappa shape index (κ3) is 3.86. The van der Waals surface area contributed by atoms with E-state index in [1.54, 1.807) is 13.8 Å². The van der Waals surface area contributed by atoms with Crippen LogP contribution in [0.4, 0.5) is 8.78 Å². The molecule has 31 heavy (non-hydrogen) atoms. The van der Waals surface area contributed by atoms with Crippen LogP contribution in [-0.4, -0.2) is 26.7 Å². The highest BCUT2D eigenvalue weighted by Crippen LogP contribution is 2.41. The van der Waals surface area contributed by atoms with Gasteiger partial charge in [0.05, 0.1) is 27.2 Å². The molecule has 0 radical (unpaired) electrons. The van der Waals surface area contributed by atoms with Crippen molar-refractivity contribution < 1.29 is 23.5 Å². The van der Waals surface area contributed by atoms with Crippen LogP contribution < -0.4 is 0 Å². The number of halogens is 2. The molecule has 2 aromatic carbocycles. The molecule has 1 amide bonds. The summed E-state index contributed by atoms with van der Waals surface area (Å²) in [7, 11) is 0. The third-order valence-electron chi connectivity index (χ3n) is 5.11. The molecule has 0 bridgehead atoms. The van der Waals surface area contributed by atoms with Crippen molar-refractivity contribution in [1.82, 2.24) is 9.88 Å². The zero-order valence-corrected chi connectivity index (χ0v) is 17.5. The summed E-state index contributed by atoms with van der Waals surface area (Å²) in [5.41, 5.74) is 1.52. The number of aliphatic hydroxyl groups is 1. The molecule has 0 saturated carbocycles. The Balaban J connectivity index is 1.80. The highest BCUT2D eigenvalue weighted by molar-refractivity contribution is 7.14. The second kappa shape index (κ2) is 8.03. The molecule has 1 unspecified atom stereocenters. The van der Waals surface area contributed by atoms with Gasteiger partial charge in [-0.2, -0.15) is 0 Å². The van der Waals surface area contributed by atoms with Gasteiger partial charge in [0.1, 0.15) is 11.6 Å². The van der Waals surface area contributed by atoms with Gasteiger partial charge < -0.3 is 10.0 Å². The lowest BCUT2D eigenvalue weighted by atomic mass is 9.95. The molecular formula is C23H18F2N2O3S. The Morgan fingerprint density at radius 3 is 2.19 bits per heavy atom. The van der Waals surface area contributed by atoms with Crippen molar-refractivity contribution in [3.05, 3.63) is 98.2 Å². The highest BCUT2D eigenvalue weighted by atomic mass is 32.1. The maximum absolute atomic E-state index is 13.5. The minimum Gasteiger partial charge on any atom is -0.503 e. The fraction of sp³-hybridized carbons (Fsp3) is 0.174. The van der Waals surface area contributed by atoms with Gasteiger partial charge in [0.15, 0.2) is 5.76 Å². The predicted molar refractivity (Wildman–Crippen MR) is 112 cm³/mol. The average Bonchev–Trinajstić information content (AvgIpc) is 3.20. The van der Waals surface area contributed by atoms with E-state index < -0.39 is 35.1 Å². The van der Waals surface area contributed by atoms with Crippen molar-refractivity contribution in [3.8, 4) is 0 Å². The number of nitrogens with zero attached hydrogens (tertiary/aromatic N) is 2. The maximum atomic E-state index is 13.5. The number of carbonyl (C=O) groups is 2. The van der Waals surface area contributed by atoms with Gasteiger partial charge in [0.2, 0.25) is 5.78 Å². The topological polar surface area (TPSA) is 70.5 Å². The zero-order chi connectivity index (χ0) is 22.3. The van der Waals surface area contributed by atoms with Crippen molar-refractivity contribution in [2.75, 3.05) is 0 Å². The van der Waals surface area contributed by atoms with E-state index in [2.05, 4.69) is 4.98 Å². The summed E-state index contributed by atoms with van der Waals surface area (Å²) in [5.74, 6) is -2.75. The van der Waals surface area contributed by atoms with E-state index in [1.165, 1.54) is 64.8 Å². The van der Waals surface area contributed by atoms with Crippen molar-refractivity contribution in [2.45, 2.75) is 26.4 Å². The first kappa shape index (κ1) is 20.9. The van der Waals surface area contributed by atoms with Crippen LogP contribution in [0.15, 0.2) is 59.9 Å². The van der Waals surface area contributed by atoms with E-state index in [1.807, 2.05) is 0 Å². The van der Waals surface area contributed by atoms with Crippen LogP contribution in [0.1, 0.15) is 37.5 Å². The Kier molecular flexibility index (Phi) is 5.41. The molecule has 0 saturated heterocycles. The monoisotopic (exact) mass is 440 g/mol. The number of thiazole rings is 1. The Labute approximate surface area is 181 Å². The number of Topliss-reactive ketones (excluding diaryl/α,β-unsaturated/α-hetero) is 1. The van der Waals surface area contributed by atoms with Crippen LogP contribution in [0.3, 0.4) is 0 Å². The maximum Gasteiger partial charge on any atom is 0.290 e. The standard InChI is InChI=1S/C23H18F2N2O3S/c1-12-22(31-13(2)26-12)20(28)18-19(15-5-9-17(25)10-6-15)27(23(30)21(18)29)11-14-3-7-16(24)8-4-14/h3-10,19,29H,11H2,1-2H3. The number of rotatable bonds is 5. The van der Waals surface area contributed by atoms with E-state index >= 15 is 0 Å². The van der Waals surface area contributed by atoms with Crippen LogP contribution in [0.5, 0.6) is 0 Å². The lowest BCUT2D eigenvalue weighted by Gasteiger charge is -2.27. The molecule has 1 aromatic heterocycles. The molecular weight excluding hydrogens is 422 g/mol. The van der Waals surface area contributed by atoms with Crippen LogP contribution in [0.2, 0.25) is 0 Å². The first-order valence-electron chi connectivity index (χ1n) is 9.49. The van der Waals surface area contributed by atoms with Crippen LogP contribution in [0.25, 0.3) is 0 Å². The Morgan fingerprint density at radius 1 is 1.06 bits per heavy atom. The summed E-state index contributed by atoms with van der Waals surface area (Å²) in [6, 6.07) is 10.1. The number of carbonyl (C=O) groups excluding carboxylic acids is 2. The molecule has 0 fully saturated rings. The van der Waals surface area contributed by atoms with Gasteiger partial charge in [-0.05, 0) is 49.2 Å². The minimum absolute atomic E-state index is 0.0305. The van der Waals surface area contributed by atoms with E-state index in [4.69, 9.17) is 0 Å². The van der Waals surface area contributed by atoms with Crippen LogP contribution in [-0.2, 0) is 11.3 Å². The van der Waals surface area contributed by atoms with E-state index in [0.29, 0.717) is 26.7 Å². The fourth-order valence-corrected chi connectivity index (χ4v) is 4.57. The van der Waals surface area contributed by atoms with Crippen molar-refractivity contribution in [2.24, 2.45) is 0 Å². The second-order valence-electron chi connectivity index (χ2n) is 7.25. The van der Waals surface area contributed by atoms with E-state index in [0.717, 1.165) is 0 Å². The molecule has 158 valence electrons. The number of aromatic nitrogens is 1. The lowest BCUT2D eigenvalue weighted by Crippen LogP contribution is -2.30. The molecule has 1 aliphatic rings. The lowest BCUT2D eigenvalue weighted by molar-refractivity contribution is -0.130. The first-order valence-corrected chi connectivity index (χ1v) is 10.3. The fourth-order valence-electron chi connectivity index (χ4n) is 3.69. The quantitative estimate of drug-likeness (QED) is 0.578. The van der Waals surface area contributed by atoms with Crippen molar-refractivity contribution in [3.63, 3.8) is 0 Å². The molecule has 0 spiro atoms. The van der Waals surface area contributed by atoms with Gasteiger partial charge in [-0.1, -0.05) is 24.3 Å². The van der Waals surface area contributed by atoms with Crippen molar-refractivity contribution >= 4 is 23.0 Å². The third-order valence-corrected chi connectivity index (χ3v) is 6.18.